The summed E-state index contributed by atoms with van der Waals surface area (Å²) in [7, 11) is 0. The van der Waals surface area contributed by atoms with Crippen molar-refractivity contribution in [2.75, 3.05) is 24.8 Å². The normalized spacial score (nSPS) is 17.3. The lowest BCUT2D eigenvalue weighted by Crippen LogP contribution is -2.49. The molecule has 0 radical (unpaired) electrons. The third-order valence-electron chi connectivity index (χ3n) is 4.55. The number of benzene rings is 2. The molecule has 4 rings (SSSR count). The first-order valence-electron chi connectivity index (χ1n) is 8.84. The Morgan fingerprint density at radius 2 is 1.96 bits per heavy atom. The van der Waals surface area contributed by atoms with E-state index in [0.29, 0.717) is 24.4 Å². The number of fused-ring (bicyclic) bond motifs is 2. The van der Waals surface area contributed by atoms with Crippen molar-refractivity contribution >= 4 is 17.5 Å². The highest BCUT2D eigenvalue weighted by molar-refractivity contribution is 6.03. The fourth-order valence-corrected chi connectivity index (χ4v) is 3.16. The van der Waals surface area contributed by atoms with Gasteiger partial charge in [-0.3, -0.25) is 14.5 Å². The second-order valence-electron chi connectivity index (χ2n) is 6.44. The Morgan fingerprint density at radius 1 is 1.15 bits per heavy atom. The summed E-state index contributed by atoms with van der Waals surface area (Å²) in [6.45, 7) is 2.35. The lowest BCUT2D eigenvalue weighted by atomic mass is 10.1. The monoisotopic (exact) mass is 368 g/mol. The first kappa shape index (κ1) is 17.2. The maximum atomic E-state index is 12.4. The molecule has 1 unspecified atom stereocenters. The fraction of sp³-hybridized carbons (Fsp3) is 0.300. The molecule has 2 heterocycles. The molecule has 2 amide bonds. The topological polar surface area (TPSA) is 77.1 Å². The van der Waals surface area contributed by atoms with Gasteiger partial charge >= 0.3 is 0 Å². The molecule has 2 aliphatic heterocycles. The van der Waals surface area contributed by atoms with Gasteiger partial charge in [0.1, 0.15) is 12.3 Å². The summed E-state index contributed by atoms with van der Waals surface area (Å²) in [6.07, 6.45) is 0.0493. The zero-order valence-corrected chi connectivity index (χ0v) is 14.9. The molecule has 2 aromatic carbocycles. The van der Waals surface area contributed by atoms with Crippen molar-refractivity contribution in [1.29, 1.82) is 0 Å². The van der Waals surface area contributed by atoms with Gasteiger partial charge in [-0.15, -0.1) is 0 Å². The van der Waals surface area contributed by atoms with Crippen molar-refractivity contribution in [2.45, 2.75) is 19.4 Å². The number of para-hydroxylation sites is 2. The van der Waals surface area contributed by atoms with Crippen LogP contribution < -0.4 is 24.4 Å². The molecule has 0 saturated carbocycles. The Morgan fingerprint density at radius 3 is 2.85 bits per heavy atom. The summed E-state index contributed by atoms with van der Waals surface area (Å²) < 4.78 is 16.2. The van der Waals surface area contributed by atoms with Crippen molar-refractivity contribution in [1.82, 2.24) is 5.32 Å². The standard InChI is InChI=1S/C20H20N2O5/c1-13-20(24)22(15-4-2-3-5-16(15)27-13)11-19(23)21-9-8-14-6-7-17-18(10-14)26-12-25-17/h2-7,10,13H,8-9,11-12H2,1H3,(H,21,23). The van der Waals surface area contributed by atoms with Crippen LogP contribution in [-0.2, 0) is 16.0 Å². The number of ether oxygens (including phenoxy) is 3. The minimum atomic E-state index is -0.610. The predicted octanol–water partition coefficient (Wildman–Crippen LogP) is 1.89. The van der Waals surface area contributed by atoms with Gasteiger partial charge in [-0.1, -0.05) is 18.2 Å². The van der Waals surface area contributed by atoms with Crippen LogP contribution in [0.1, 0.15) is 12.5 Å². The minimum Gasteiger partial charge on any atom is -0.479 e. The quantitative estimate of drug-likeness (QED) is 0.872. The van der Waals surface area contributed by atoms with E-state index >= 15 is 0 Å². The number of anilines is 1. The average molecular weight is 368 g/mol. The molecule has 27 heavy (non-hydrogen) atoms. The first-order valence-corrected chi connectivity index (χ1v) is 8.84. The van der Waals surface area contributed by atoms with Gasteiger partial charge in [0.15, 0.2) is 17.6 Å². The van der Waals surface area contributed by atoms with E-state index in [2.05, 4.69) is 5.32 Å². The second-order valence-corrected chi connectivity index (χ2v) is 6.44. The number of carbonyl (C=O) groups is 2. The van der Waals surface area contributed by atoms with Crippen molar-refractivity contribution < 1.29 is 23.8 Å². The van der Waals surface area contributed by atoms with E-state index in [1.807, 2.05) is 30.3 Å². The maximum Gasteiger partial charge on any atom is 0.268 e. The van der Waals surface area contributed by atoms with Crippen LogP contribution in [0.5, 0.6) is 17.2 Å². The van der Waals surface area contributed by atoms with E-state index in [1.54, 1.807) is 19.1 Å². The lowest BCUT2D eigenvalue weighted by Gasteiger charge is -2.32. The molecule has 1 atom stereocenters. The van der Waals surface area contributed by atoms with Gasteiger partial charge in [-0.05, 0) is 43.2 Å². The largest absolute Gasteiger partial charge is 0.479 e. The van der Waals surface area contributed by atoms with Crippen LogP contribution >= 0.6 is 0 Å². The number of nitrogens with one attached hydrogen (secondary N) is 1. The number of hydrogen-bond donors (Lipinski definition) is 1. The summed E-state index contributed by atoms with van der Waals surface area (Å²) >= 11 is 0. The predicted molar refractivity (Wildman–Crippen MR) is 98.2 cm³/mol. The summed E-state index contributed by atoms with van der Waals surface area (Å²) in [5, 5.41) is 2.87. The van der Waals surface area contributed by atoms with Crippen molar-refractivity contribution in [3.63, 3.8) is 0 Å². The van der Waals surface area contributed by atoms with Gasteiger partial charge < -0.3 is 19.5 Å². The zero-order valence-electron chi connectivity index (χ0n) is 14.9. The molecule has 0 aliphatic carbocycles. The van der Waals surface area contributed by atoms with Crippen molar-refractivity contribution in [2.24, 2.45) is 0 Å². The molecule has 2 aromatic rings. The highest BCUT2D eigenvalue weighted by Gasteiger charge is 2.32. The van der Waals surface area contributed by atoms with Crippen LogP contribution in [0.3, 0.4) is 0 Å². The molecular formula is C20H20N2O5. The van der Waals surface area contributed by atoms with E-state index in [9.17, 15) is 9.59 Å². The zero-order chi connectivity index (χ0) is 18.8. The van der Waals surface area contributed by atoms with Crippen molar-refractivity contribution in [3.05, 3.63) is 48.0 Å². The van der Waals surface area contributed by atoms with E-state index < -0.39 is 6.10 Å². The molecule has 2 aliphatic rings. The third-order valence-corrected chi connectivity index (χ3v) is 4.55. The molecule has 0 fully saturated rings. The van der Waals surface area contributed by atoms with Crippen LogP contribution in [0.15, 0.2) is 42.5 Å². The number of nitrogens with zero attached hydrogens (tertiary/aromatic N) is 1. The van der Waals surface area contributed by atoms with Crippen LogP contribution in [0.4, 0.5) is 5.69 Å². The van der Waals surface area contributed by atoms with E-state index in [0.717, 1.165) is 17.1 Å². The van der Waals surface area contributed by atoms with Gasteiger partial charge in [0.25, 0.3) is 5.91 Å². The Balaban J connectivity index is 1.35. The summed E-state index contributed by atoms with van der Waals surface area (Å²) in [5.41, 5.74) is 1.66. The maximum absolute atomic E-state index is 12.4. The fourth-order valence-electron chi connectivity index (χ4n) is 3.16. The van der Waals surface area contributed by atoms with Crippen LogP contribution in [-0.4, -0.2) is 37.8 Å². The van der Waals surface area contributed by atoms with Gasteiger partial charge in [-0.2, -0.15) is 0 Å². The summed E-state index contributed by atoms with van der Waals surface area (Å²) in [6, 6.07) is 13.0. The van der Waals surface area contributed by atoms with Crippen LogP contribution in [0.25, 0.3) is 0 Å². The number of carbonyl (C=O) groups excluding carboxylic acids is 2. The van der Waals surface area contributed by atoms with Crippen molar-refractivity contribution in [3.8, 4) is 17.2 Å². The number of amides is 2. The SMILES string of the molecule is CC1Oc2ccccc2N(CC(=O)NCCc2ccc3c(c2)OCO3)C1=O. The second kappa shape index (κ2) is 7.19. The molecule has 0 bridgehead atoms. The Kier molecular flexibility index (Phi) is 4.58. The summed E-state index contributed by atoms with van der Waals surface area (Å²) in [4.78, 5) is 26.3. The molecule has 0 spiro atoms. The van der Waals surface area contributed by atoms with Crippen LogP contribution in [0.2, 0.25) is 0 Å². The minimum absolute atomic E-state index is 0.0370. The Hall–Kier alpha value is -3.22. The average Bonchev–Trinajstić information content (AvgIpc) is 3.13. The highest BCUT2D eigenvalue weighted by atomic mass is 16.7. The molecule has 0 saturated heterocycles. The van der Waals surface area contributed by atoms with Gasteiger partial charge in [0, 0.05) is 6.54 Å². The van der Waals surface area contributed by atoms with Gasteiger partial charge in [0.05, 0.1) is 5.69 Å². The first-order chi connectivity index (χ1) is 13.1. The molecular weight excluding hydrogens is 348 g/mol. The molecule has 1 N–H and O–H groups in total. The number of hydrogen-bond acceptors (Lipinski definition) is 5. The molecule has 7 nitrogen and oxygen atoms in total. The van der Waals surface area contributed by atoms with E-state index in [1.165, 1.54) is 4.90 Å². The smallest absolute Gasteiger partial charge is 0.268 e. The van der Waals surface area contributed by atoms with E-state index in [4.69, 9.17) is 14.2 Å². The Bertz CT molecular complexity index is 882. The Labute approximate surface area is 156 Å². The molecule has 0 aromatic heterocycles. The van der Waals surface area contributed by atoms with Crippen LogP contribution in [0, 0.1) is 0 Å². The van der Waals surface area contributed by atoms with Gasteiger partial charge in [-0.25, -0.2) is 0 Å². The molecule has 7 heteroatoms. The van der Waals surface area contributed by atoms with E-state index in [-0.39, 0.29) is 25.2 Å². The lowest BCUT2D eigenvalue weighted by molar-refractivity contribution is -0.128. The molecule has 140 valence electrons. The third kappa shape index (κ3) is 3.53. The van der Waals surface area contributed by atoms with Gasteiger partial charge in [0.2, 0.25) is 12.7 Å². The summed E-state index contributed by atoms with van der Waals surface area (Å²) in [5.74, 6) is 1.63. The highest BCUT2D eigenvalue weighted by Crippen LogP contribution is 2.34. The number of rotatable bonds is 5.